The molecule has 18 nitrogen and oxygen atoms in total. The Bertz CT molecular complexity index is 2060. The van der Waals surface area contributed by atoms with E-state index in [0.717, 1.165) is 5.56 Å². The minimum Gasteiger partial charge on any atom is -0.461 e. The molecule has 4 aliphatic rings. The van der Waals surface area contributed by atoms with Crippen LogP contribution in [0.4, 0.5) is 0 Å². The molecular formula is C59H95NO17. The number of carbonyl (C=O) groups excluding carboxylic acids is 4. The lowest BCUT2D eigenvalue weighted by Gasteiger charge is -2.45. The van der Waals surface area contributed by atoms with E-state index in [2.05, 4.69) is 18.4 Å². The van der Waals surface area contributed by atoms with Crippen molar-refractivity contribution in [2.45, 2.75) is 226 Å². The Balaban J connectivity index is 1.69. The average molecular weight is 1090 g/mol. The van der Waals surface area contributed by atoms with Gasteiger partial charge in [-0.1, -0.05) is 85.4 Å². The van der Waals surface area contributed by atoms with Gasteiger partial charge in [-0.2, -0.15) is 0 Å². The van der Waals surface area contributed by atoms with Crippen molar-refractivity contribution in [3.05, 3.63) is 48.0 Å². The van der Waals surface area contributed by atoms with Gasteiger partial charge in [-0.05, 0) is 90.8 Å². The zero-order valence-corrected chi connectivity index (χ0v) is 48.9. The Kier molecular flexibility index (Phi) is 24.1. The first kappa shape index (κ1) is 64.4. The van der Waals surface area contributed by atoms with E-state index in [1.54, 1.807) is 34.6 Å². The number of likely N-dealkylation sites (N-methyl/N-ethyl adjacent to an activating group) is 1. The molecule has 5 rings (SSSR count). The van der Waals surface area contributed by atoms with Crippen LogP contribution >= 0.6 is 0 Å². The Labute approximate surface area is 458 Å². The summed E-state index contributed by atoms with van der Waals surface area (Å²) in [7, 11) is 4.95. The molecule has 0 radical (unpaired) electrons. The van der Waals surface area contributed by atoms with Gasteiger partial charge in [0.15, 0.2) is 30.3 Å². The highest BCUT2D eigenvalue weighted by Gasteiger charge is 2.52. The summed E-state index contributed by atoms with van der Waals surface area (Å²) in [4.78, 5) is 61.6. The fourth-order valence-corrected chi connectivity index (χ4v) is 11.8. The van der Waals surface area contributed by atoms with Crippen LogP contribution in [0.1, 0.15) is 128 Å². The summed E-state index contributed by atoms with van der Waals surface area (Å²) in [5.41, 5.74) is -0.428. The number of ether oxygens (including phenoxy) is 11. The first-order chi connectivity index (χ1) is 36.2. The van der Waals surface area contributed by atoms with Gasteiger partial charge in [-0.3, -0.25) is 19.2 Å². The van der Waals surface area contributed by atoms with E-state index in [0.29, 0.717) is 31.4 Å². The quantitative estimate of drug-likeness (QED) is 0.0912. The number of hydrogen-bond acceptors (Lipinski definition) is 18. The predicted octanol–water partition coefficient (Wildman–Crippen LogP) is 7.01. The van der Waals surface area contributed by atoms with Gasteiger partial charge in [0.05, 0.1) is 49.0 Å². The highest BCUT2D eigenvalue weighted by Crippen LogP contribution is 2.41. The normalized spacial score (nSPS) is 39.8. The van der Waals surface area contributed by atoms with Gasteiger partial charge in [-0.15, -0.1) is 0 Å². The summed E-state index contributed by atoms with van der Waals surface area (Å²) in [5, 5.41) is 22.5. The van der Waals surface area contributed by atoms with E-state index < -0.39 is 139 Å². The molecule has 22 atom stereocenters. The number of hydrogen-bond donors (Lipinski definition) is 2. The van der Waals surface area contributed by atoms with Crippen LogP contribution in [-0.4, -0.2) is 171 Å². The van der Waals surface area contributed by atoms with Gasteiger partial charge in [0, 0.05) is 63.8 Å². The van der Waals surface area contributed by atoms with Crippen LogP contribution in [0.5, 0.6) is 0 Å². The number of methoxy groups -OCH3 is 2. The van der Waals surface area contributed by atoms with Crippen molar-refractivity contribution >= 4 is 23.7 Å². The molecule has 0 aromatic heterocycles. The fourth-order valence-electron chi connectivity index (χ4n) is 11.8. The number of rotatable bonds is 17. The largest absolute Gasteiger partial charge is 0.461 e. The van der Waals surface area contributed by atoms with Crippen molar-refractivity contribution in [1.29, 1.82) is 0 Å². The lowest BCUT2D eigenvalue weighted by molar-refractivity contribution is -0.305. The highest BCUT2D eigenvalue weighted by atomic mass is 16.7. The van der Waals surface area contributed by atoms with Crippen LogP contribution in [0.15, 0.2) is 42.5 Å². The molecule has 0 spiro atoms. The van der Waals surface area contributed by atoms with E-state index >= 15 is 9.59 Å². The molecule has 18 heteroatoms. The molecule has 0 saturated carbocycles. The van der Waals surface area contributed by atoms with E-state index in [1.807, 2.05) is 85.8 Å². The van der Waals surface area contributed by atoms with Crippen LogP contribution in [-0.2, 0) is 77.7 Å². The molecule has 4 saturated heterocycles. The van der Waals surface area contributed by atoms with Gasteiger partial charge in [0.25, 0.3) is 0 Å². The second kappa shape index (κ2) is 28.8. The maximum atomic E-state index is 15.8. The number of carbonyl (C=O) groups is 4. The number of benzene rings is 1. The lowest BCUT2D eigenvalue weighted by atomic mass is 9.74. The first-order valence-corrected chi connectivity index (χ1v) is 28.1. The van der Waals surface area contributed by atoms with Gasteiger partial charge in [0.1, 0.15) is 36.6 Å². The molecule has 0 amide bonds. The van der Waals surface area contributed by atoms with Gasteiger partial charge >= 0.3 is 17.9 Å². The number of nitrogens with zero attached hydrogens (tertiary/aromatic N) is 1. The molecule has 2 N–H and O–H groups in total. The Morgan fingerprint density at radius 1 is 0.805 bits per heavy atom. The number of Topliss-reactive ketones (excluding diaryl/α,β-unsaturated/α-hetero) is 1. The Morgan fingerprint density at radius 3 is 2.10 bits per heavy atom. The van der Waals surface area contributed by atoms with Gasteiger partial charge in [-0.25, -0.2) is 0 Å². The monoisotopic (exact) mass is 1090 g/mol. The predicted molar refractivity (Wildman–Crippen MR) is 286 cm³/mol. The zero-order valence-electron chi connectivity index (χ0n) is 48.9. The molecule has 4 aliphatic heterocycles. The van der Waals surface area contributed by atoms with Crippen molar-refractivity contribution in [2.24, 2.45) is 41.4 Å². The van der Waals surface area contributed by atoms with Crippen molar-refractivity contribution in [2.75, 3.05) is 34.4 Å². The van der Waals surface area contributed by atoms with Crippen LogP contribution in [0.3, 0.4) is 0 Å². The van der Waals surface area contributed by atoms with E-state index in [-0.39, 0.29) is 50.0 Å². The molecule has 4 fully saturated rings. The standard InChI is InChI=1S/C59H95NO17/c1-31(2)25-45(62)73-51-39(10)50(34(5)30-69-58-54(68-17)53(67-16)48(64)42(13)72-58)75-56(66)41(12)52(74-46-27-35(6)60(15)29-37(8)70-46)38(9)49(76-57-47(63)32(3)26-36(7)71-57)33(4)28-59(14,55(65)40(51)11)77-44(61)24-23-43-21-19-18-20-22-43/h18-22,31,33-42,46-54,57-58,63-64H,3,23-30H2,1-2,4-17H3/t33-,34-,35+,36+,37-,38+,39-,40+,41+,42+,46-,47+,48+,49-,50+,51+,52-,53+,54+,57-,58+,59-/m0/s1. The first-order valence-electron chi connectivity index (χ1n) is 28.1. The maximum absolute atomic E-state index is 15.8. The summed E-state index contributed by atoms with van der Waals surface area (Å²) in [6.45, 7) is 28.4. The van der Waals surface area contributed by atoms with Gasteiger partial charge in [0.2, 0.25) is 0 Å². The number of cyclic esters (lactones) is 1. The maximum Gasteiger partial charge on any atom is 0.311 e. The number of ketones is 1. The van der Waals surface area contributed by atoms with Crippen molar-refractivity contribution in [1.82, 2.24) is 4.90 Å². The molecule has 1 aromatic carbocycles. The van der Waals surface area contributed by atoms with E-state index in [9.17, 15) is 19.8 Å². The Morgan fingerprint density at radius 2 is 1.47 bits per heavy atom. The van der Waals surface area contributed by atoms with E-state index in [1.165, 1.54) is 14.2 Å². The number of aliphatic hydroxyl groups is 2. The molecule has 0 aliphatic carbocycles. The number of aliphatic hydroxyl groups excluding tert-OH is 2. The number of esters is 3. The summed E-state index contributed by atoms with van der Waals surface area (Å²) in [5.74, 6) is -7.59. The zero-order chi connectivity index (χ0) is 57.2. The van der Waals surface area contributed by atoms with Crippen molar-refractivity contribution in [3.8, 4) is 0 Å². The second-order valence-corrected chi connectivity index (χ2v) is 23.6. The number of aryl methyl sites for hydroxylation is 1. The van der Waals surface area contributed by atoms with Crippen LogP contribution in [0.2, 0.25) is 0 Å². The average Bonchev–Trinajstić information content (AvgIpc) is 3.49. The molecule has 0 bridgehead atoms. The minimum absolute atomic E-state index is 0.0293. The summed E-state index contributed by atoms with van der Waals surface area (Å²) in [6.07, 6.45) is -11.3. The molecule has 438 valence electrons. The summed E-state index contributed by atoms with van der Waals surface area (Å²) < 4.78 is 70.5. The van der Waals surface area contributed by atoms with Crippen LogP contribution in [0, 0.1) is 41.4 Å². The SMILES string of the molecule is C=C1C[C@@H](C)O[C@@H](O[C@@H]2[C@@H](C)[C@H](O[C@H]3C[C@@H](C)N(C)C[C@H](C)O3)[C@@H](C)C(=O)O[C@H]([C@@H](C)CO[C@@H]3O[C@H](C)[C@@H](O)[C@@H](OC)[C@H]3OC)[C@H](C)[C@@H](OC(=O)CC(C)C)[C@@H](C)C(=O)[C@@](C)(OC(=O)CCc3ccccc3)C[C@@H]2C)[C@@H]1O. The Hall–Kier alpha value is -3.40. The molecule has 0 unspecified atom stereocenters. The topological polar surface area (TPSA) is 214 Å². The third-order valence-electron chi connectivity index (χ3n) is 16.3. The highest BCUT2D eigenvalue weighted by molar-refractivity contribution is 5.91. The van der Waals surface area contributed by atoms with Crippen molar-refractivity contribution in [3.63, 3.8) is 0 Å². The van der Waals surface area contributed by atoms with E-state index in [4.69, 9.17) is 52.1 Å². The van der Waals surface area contributed by atoms with Crippen LogP contribution < -0.4 is 0 Å². The molecule has 77 heavy (non-hydrogen) atoms. The molecule has 4 heterocycles. The smallest absolute Gasteiger partial charge is 0.311 e. The van der Waals surface area contributed by atoms with Crippen molar-refractivity contribution < 1.29 is 81.5 Å². The molecular weight excluding hydrogens is 995 g/mol. The minimum atomic E-state index is -1.86. The second-order valence-electron chi connectivity index (χ2n) is 23.6. The third-order valence-corrected chi connectivity index (χ3v) is 16.3. The summed E-state index contributed by atoms with van der Waals surface area (Å²) >= 11 is 0. The van der Waals surface area contributed by atoms with Crippen LogP contribution in [0.25, 0.3) is 0 Å². The molecule has 1 aromatic rings. The third kappa shape index (κ3) is 16.8. The summed E-state index contributed by atoms with van der Waals surface area (Å²) in [6, 6.07) is 9.53. The van der Waals surface area contributed by atoms with Gasteiger partial charge < -0.3 is 67.2 Å². The lowest BCUT2D eigenvalue weighted by Crippen LogP contribution is -2.59. The fraction of sp³-hybridized carbons (Fsp3) is 0.797.